The Labute approximate surface area is 97.5 Å². The summed E-state index contributed by atoms with van der Waals surface area (Å²) < 4.78 is 0. The maximum absolute atomic E-state index is 10.3. The Morgan fingerprint density at radius 1 is 1.19 bits per heavy atom. The molecule has 1 saturated carbocycles. The van der Waals surface area contributed by atoms with Gasteiger partial charge in [0, 0.05) is 5.92 Å². The van der Waals surface area contributed by atoms with Gasteiger partial charge in [-0.1, -0.05) is 37.1 Å². The minimum atomic E-state index is -0.103. The molecule has 0 saturated heterocycles. The van der Waals surface area contributed by atoms with E-state index in [9.17, 15) is 5.11 Å². The van der Waals surface area contributed by atoms with Gasteiger partial charge in [0.1, 0.15) is 0 Å². The van der Waals surface area contributed by atoms with Crippen LogP contribution in [0.5, 0.6) is 0 Å². The van der Waals surface area contributed by atoms with Crippen LogP contribution < -0.4 is 0 Å². The molecule has 1 N–H and O–H groups in total. The van der Waals surface area contributed by atoms with Crippen LogP contribution in [0.4, 0.5) is 0 Å². The van der Waals surface area contributed by atoms with Gasteiger partial charge < -0.3 is 5.11 Å². The number of benzene rings is 1. The molecule has 2 atom stereocenters. The average Bonchev–Trinajstić information content (AvgIpc) is 3.12. The van der Waals surface area contributed by atoms with Crippen molar-refractivity contribution < 1.29 is 5.11 Å². The largest absolute Gasteiger partial charge is 0.392 e. The number of rotatable bonds is 3. The Morgan fingerprint density at radius 2 is 2.00 bits per heavy atom. The molecule has 0 aromatic heterocycles. The van der Waals surface area contributed by atoms with Crippen molar-refractivity contribution in [1.29, 1.82) is 0 Å². The molecule has 3 rings (SSSR count). The Hall–Kier alpha value is -0.820. The lowest BCUT2D eigenvalue weighted by Gasteiger charge is -2.29. The highest BCUT2D eigenvalue weighted by molar-refractivity contribution is 5.33. The van der Waals surface area contributed by atoms with E-state index >= 15 is 0 Å². The smallest absolute Gasteiger partial charge is 0.0611 e. The highest BCUT2D eigenvalue weighted by Crippen LogP contribution is 2.40. The molecule has 1 fully saturated rings. The first-order chi connectivity index (χ1) is 7.84. The van der Waals surface area contributed by atoms with Crippen LogP contribution in [0, 0.1) is 5.92 Å². The van der Waals surface area contributed by atoms with E-state index in [2.05, 4.69) is 24.3 Å². The van der Waals surface area contributed by atoms with E-state index in [1.165, 1.54) is 43.2 Å². The molecule has 1 aromatic rings. The summed E-state index contributed by atoms with van der Waals surface area (Å²) >= 11 is 0. The van der Waals surface area contributed by atoms with E-state index in [0.717, 1.165) is 12.3 Å². The third kappa shape index (κ3) is 2.01. The molecule has 2 aliphatic rings. The van der Waals surface area contributed by atoms with Crippen molar-refractivity contribution in [3.05, 3.63) is 35.4 Å². The second kappa shape index (κ2) is 4.21. The lowest BCUT2D eigenvalue weighted by atomic mass is 9.78. The van der Waals surface area contributed by atoms with Crippen LogP contribution in [0.2, 0.25) is 0 Å². The number of aliphatic hydroxyl groups excluding tert-OH is 1. The molecule has 1 aromatic carbocycles. The second-order valence-electron chi connectivity index (χ2n) is 5.44. The third-order valence-electron chi connectivity index (χ3n) is 4.15. The maximum atomic E-state index is 10.3. The van der Waals surface area contributed by atoms with Crippen molar-refractivity contribution >= 4 is 0 Å². The number of aliphatic hydroxyl groups is 1. The van der Waals surface area contributed by atoms with Crippen LogP contribution in [-0.2, 0) is 6.42 Å². The summed E-state index contributed by atoms with van der Waals surface area (Å²) in [5.41, 5.74) is 2.88. The maximum Gasteiger partial charge on any atom is 0.0611 e. The highest BCUT2D eigenvalue weighted by Gasteiger charge is 2.31. The fraction of sp³-hybridized carbons (Fsp3) is 0.600. The van der Waals surface area contributed by atoms with Crippen molar-refractivity contribution in [2.75, 3.05) is 0 Å². The Morgan fingerprint density at radius 3 is 2.81 bits per heavy atom. The molecule has 0 aliphatic heterocycles. The first kappa shape index (κ1) is 10.3. The monoisotopic (exact) mass is 216 g/mol. The predicted octanol–water partition coefficient (Wildman–Crippen LogP) is 3.27. The number of fused-ring (bicyclic) bond motifs is 1. The molecule has 0 radical (unpaired) electrons. The molecule has 1 nitrogen and oxygen atoms in total. The van der Waals surface area contributed by atoms with Crippen molar-refractivity contribution in [3.63, 3.8) is 0 Å². The van der Waals surface area contributed by atoms with E-state index < -0.39 is 0 Å². The van der Waals surface area contributed by atoms with Gasteiger partial charge in [-0.15, -0.1) is 0 Å². The van der Waals surface area contributed by atoms with Crippen LogP contribution in [0.3, 0.4) is 0 Å². The van der Waals surface area contributed by atoms with Gasteiger partial charge in [0.2, 0.25) is 0 Å². The first-order valence-electron chi connectivity index (χ1n) is 6.60. The van der Waals surface area contributed by atoms with Crippen molar-refractivity contribution in [2.45, 2.75) is 50.5 Å². The lowest BCUT2D eigenvalue weighted by molar-refractivity contribution is 0.119. The molecular formula is C15H20O. The number of hydrogen-bond donors (Lipinski definition) is 1. The van der Waals surface area contributed by atoms with Gasteiger partial charge in [0.25, 0.3) is 0 Å². The zero-order chi connectivity index (χ0) is 11.0. The minimum absolute atomic E-state index is 0.103. The Bertz CT molecular complexity index is 367. The summed E-state index contributed by atoms with van der Waals surface area (Å²) in [6.45, 7) is 0. The molecule has 0 spiro atoms. The van der Waals surface area contributed by atoms with E-state index in [0.29, 0.717) is 5.92 Å². The van der Waals surface area contributed by atoms with Gasteiger partial charge in [0.05, 0.1) is 6.10 Å². The molecule has 2 unspecified atom stereocenters. The summed E-state index contributed by atoms with van der Waals surface area (Å²) in [6, 6.07) is 8.68. The summed E-state index contributed by atoms with van der Waals surface area (Å²) in [5, 5.41) is 10.3. The van der Waals surface area contributed by atoms with Crippen molar-refractivity contribution in [3.8, 4) is 0 Å². The third-order valence-corrected chi connectivity index (χ3v) is 4.15. The van der Waals surface area contributed by atoms with E-state index in [1.54, 1.807) is 0 Å². The summed E-state index contributed by atoms with van der Waals surface area (Å²) in [7, 11) is 0. The first-order valence-corrected chi connectivity index (χ1v) is 6.60. The van der Waals surface area contributed by atoms with Gasteiger partial charge in [-0.2, -0.15) is 0 Å². The fourth-order valence-corrected chi connectivity index (χ4v) is 3.05. The van der Waals surface area contributed by atoms with E-state index in [4.69, 9.17) is 0 Å². The Kier molecular flexibility index (Phi) is 2.72. The number of hydrogen-bond acceptors (Lipinski definition) is 1. The molecule has 1 heteroatoms. The van der Waals surface area contributed by atoms with E-state index in [1.807, 2.05) is 0 Å². The van der Waals surface area contributed by atoms with Crippen LogP contribution in [0.25, 0.3) is 0 Å². The van der Waals surface area contributed by atoms with Crippen LogP contribution >= 0.6 is 0 Å². The highest BCUT2D eigenvalue weighted by atomic mass is 16.3. The average molecular weight is 216 g/mol. The van der Waals surface area contributed by atoms with Crippen LogP contribution in [0.1, 0.15) is 49.1 Å². The second-order valence-corrected chi connectivity index (χ2v) is 5.44. The quantitative estimate of drug-likeness (QED) is 0.822. The van der Waals surface area contributed by atoms with E-state index in [-0.39, 0.29) is 6.10 Å². The zero-order valence-electron chi connectivity index (χ0n) is 9.73. The predicted molar refractivity (Wildman–Crippen MR) is 65.5 cm³/mol. The standard InChI is InChI=1S/C15H20O/c16-15(10-11-8-9-11)14-7-3-5-12-4-1-2-6-13(12)14/h1-2,4,6,11,14-16H,3,5,7-10H2. The van der Waals surface area contributed by atoms with Gasteiger partial charge in [-0.3, -0.25) is 0 Å². The molecule has 0 bridgehead atoms. The SMILES string of the molecule is OC(CC1CC1)C1CCCc2ccccc21. The summed E-state index contributed by atoms with van der Waals surface area (Å²) in [6.07, 6.45) is 7.21. The minimum Gasteiger partial charge on any atom is -0.392 e. The Balaban J connectivity index is 1.80. The molecule has 0 amide bonds. The fourth-order valence-electron chi connectivity index (χ4n) is 3.05. The molecule has 86 valence electrons. The van der Waals surface area contributed by atoms with Crippen molar-refractivity contribution in [1.82, 2.24) is 0 Å². The summed E-state index contributed by atoms with van der Waals surface area (Å²) in [5.74, 6) is 1.23. The molecule has 0 heterocycles. The van der Waals surface area contributed by atoms with Gasteiger partial charge >= 0.3 is 0 Å². The molecular weight excluding hydrogens is 196 g/mol. The van der Waals surface area contributed by atoms with Crippen LogP contribution in [-0.4, -0.2) is 11.2 Å². The topological polar surface area (TPSA) is 20.2 Å². The normalized spacial score (nSPS) is 26.2. The van der Waals surface area contributed by atoms with Gasteiger partial charge in [-0.05, 0) is 42.7 Å². The number of aryl methyl sites for hydroxylation is 1. The van der Waals surface area contributed by atoms with Crippen LogP contribution in [0.15, 0.2) is 24.3 Å². The summed E-state index contributed by atoms with van der Waals surface area (Å²) in [4.78, 5) is 0. The lowest BCUT2D eigenvalue weighted by Crippen LogP contribution is -2.23. The van der Waals surface area contributed by atoms with Gasteiger partial charge in [0.15, 0.2) is 0 Å². The zero-order valence-corrected chi connectivity index (χ0v) is 9.73. The van der Waals surface area contributed by atoms with Crippen molar-refractivity contribution in [2.24, 2.45) is 5.92 Å². The molecule has 16 heavy (non-hydrogen) atoms. The molecule has 2 aliphatic carbocycles. The van der Waals surface area contributed by atoms with Gasteiger partial charge in [-0.25, -0.2) is 0 Å².